The fraction of sp³-hybridized carbons (Fsp3) is 0.357. The van der Waals surface area contributed by atoms with Gasteiger partial charge < -0.3 is 19.9 Å². The van der Waals surface area contributed by atoms with Crippen molar-refractivity contribution in [3.8, 4) is 11.5 Å². The van der Waals surface area contributed by atoms with E-state index in [0.717, 1.165) is 9.80 Å². The zero-order valence-corrected chi connectivity index (χ0v) is 23.5. The summed E-state index contributed by atoms with van der Waals surface area (Å²) in [6.07, 6.45) is 1.81. The highest BCUT2D eigenvalue weighted by atomic mass is 35.5. The molecule has 2 aromatic carbocycles. The molecule has 0 bridgehead atoms. The Bertz CT molecular complexity index is 1570. The Balaban J connectivity index is 1.50. The van der Waals surface area contributed by atoms with Crippen LogP contribution in [0.5, 0.6) is 11.5 Å². The molecule has 6 rings (SSSR count). The number of phenols is 1. The minimum atomic E-state index is -1.95. The maximum Gasteiger partial charge on any atom is 0.488 e. The Hall–Kier alpha value is -3.38. The molecule has 212 valence electrons. The summed E-state index contributed by atoms with van der Waals surface area (Å²) in [7, 11) is 0.881. The zero-order valence-electron chi connectivity index (χ0n) is 22.0. The number of halogens is 2. The van der Waals surface area contributed by atoms with Crippen LogP contribution in [-0.4, -0.2) is 74.7 Å². The molecule has 1 saturated carbocycles. The summed E-state index contributed by atoms with van der Waals surface area (Å²) in [6.45, 7) is 0. The number of likely N-dealkylation sites (tertiary alicyclic amines) is 1. The molecule has 3 fully saturated rings. The third-order valence-electron chi connectivity index (χ3n) is 8.98. The van der Waals surface area contributed by atoms with Gasteiger partial charge in [-0.25, -0.2) is 0 Å². The van der Waals surface area contributed by atoms with Crippen LogP contribution >= 0.6 is 23.2 Å². The maximum atomic E-state index is 14.0. The van der Waals surface area contributed by atoms with Gasteiger partial charge in [0.1, 0.15) is 0 Å². The lowest BCUT2D eigenvalue weighted by Crippen LogP contribution is -2.60. The number of carbonyl (C=O) groups is 4. The lowest BCUT2D eigenvalue weighted by molar-refractivity contribution is -0.138. The highest BCUT2D eigenvalue weighted by molar-refractivity contribution is 6.58. The molecule has 2 aliphatic heterocycles. The largest absolute Gasteiger partial charge is 0.504 e. The Morgan fingerprint density at radius 2 is 1.73 bits per heavy atom. The Labute approximate surface area is 245 Å². The second-order valence-corrected chi connectivity index (χ2v) is 12.2. The van der Waals surface area contributed by atoms with Crippen LogP contribution in [0.1, 0.15) is 24.3 Å². The van der Waals surface area contributed by atoms with E-state index >= 15 is 0 Å². The van der Waals surface area contributed by atoms with Crippen LogP contribution < -0.4 is 15.1 Å². The summed E-state index contributed by atoms with van der Waals surface area (Å²) in [6, 6.07) is 10.3. The van der Waals surface area contributed by atoms with Gasteiger partial charge in [-0.15, -0.1) is 23.2 Å². The number of hydrogen-bond donors (Lipinski definition) is 3. The van der Waals surface area contributed by atoms with E-state index in [9.17, 15) is 34.3 Å². The van der Waals surface area contributed by atoms with Crippen LogP contribution in [0.2, 0.25) is 0 Å². The van der Waals surface area contributed by atoms with Crippen molar-refractivity contribution in [1.29, 1.82) is 0 Å². The molecule has 2 saturated heterocycles. The number of ether oxygens (including phenoxy) is 1. The molecule has 6 atom stereocenters. The first-order valence-electron chi connectivity index (χ1n) is 13.0. The van der Waals surface area contributed by atoms with Crippen LogP contribution in [0.25, 0.3) is 0 Å². The van der Waals surface area contributed by atoms with Gasteiger partial charge in [0.2, 0.25) is 11.8 Å². The number of carbonyl (C=O) groups excluding carboxylic acids is 4. The number of imide groups is 2. The number of amides is 4. The van der Waals surface area contributed by atoms with Crippen molar-refractivity contribution in [2.45, 2.75) is 28.5 Å². The lowest BCUT2D eigenvalue weighted by atomic mass is 9.56. The van der Waals surface area contributed by atoms with E-state index in [2.05, 4.69) is 0 Å². The number of alkyl halides is 2. The van der Waals surface area contributed by atoms with E-state index in [1.54, 1.807) is 12.1 Å². The molecular formula is C28H25BCl2N2O8. The molecule has 41 heavy (non-hydrogen) atoms. The van der Waals surface area contributed by atoms with E-state index in [1.165, 1.54) is 50.6 Å². The van der Waals surface area contributed by atoms with E-state index in [4.69, 9.17) is 27.9 Å². The average Bonchev–Trinajstić information content (AvgIpc) is 3.28. The van der Waals surface area contributed by atoms with Crippen LogP contribution in [0, 0.1) is 17.8 Å². The normalized spacial score (nSPS) is 32.5. The highest BCUT2D eigenvalue weighted by Crippen LogP contribution is 2.65. The summed E-state index contributed by atoms with van der Waals surface area (Å²) < 4.78 is 5.29. The molecular weight excluding hydrogens is 574 g/mol. The number of aromatic hydroxyl groups is 1. The van der Waals surface area contributed by atoms with Crippen LogP contribution in [0.15, 0.2) is 54.1 Å². The molecule has 0 aromatic heterocycles. The molecule has 13 heteroatoms. The lowest BCUT2D eigenvalue weighted by Gasteiger charge is -2.50. The highest BCUT2D eigenvalue weighted by Gasteiger charge is 2.75. The van der Waals surface area contributed by atoms with Crippen LogP contribution in [0.4, 0.5) is 5.69 Å². The topological polar surface area (TPSA) is 145 Å². The predicted octanol–water partition coefficient (Wildman–Crippen LogP) is 1.27. The standard InChI is InChI=1S/C28H25BCl2N2O8/c1-32-25(37)27(30)12-18-16(22(28(27,31)26(32)38)13-6-9-19(34)20(10-13)41-2)7-8-17-21(18)24(36)33(23(17)35)15-5-3-4-14(11-15)29(39)40/h3-7,9-11,17-18,21-22,34,39-40H,8,12H2,1-2H3/t17-,18+,21-,22-,27+,28-/m0/s1. The summed E-state index contributed by atoms with van der Waals surface area (Å²) in [4.78, 5) is 52.9. The Kier molecular flexibility index (Phi) is 6.31. The van der Waals surface area contributed by atoms with E-state index < -0.39 is 64.2 Å². The minimum Gasteiger partial charge on any atom is -0.504 e. The van der Waals surface area contributed by atoms with Gasteiger partial charge in [-0.1, -0.05) is 29.8 Å². The first-order chi connectivity index (χ1) is 19.4. The van der Waals surface area contributed by atoms with Crippen molar-refractivity contribution in [2.24, 2.45) is 17.8 Å². The van der Waals surface area contributed by atoms with E-state index in [1.807, 2.05) is 0 Å². The van der Waals surface area contributed by atoms with Gasteiger partial charge >= 0.3 is 7.12 Å². The van der Waals surface area contributed by atoms with Crippen molar-refractivity contribution >= 4 is 65.1 Å². The number of nitrogens with zero attached hydrogens (tertiary/aromatic N) is 2. The molecule has 2 aromatic rings. The fourth-order valence-electron chi connectivity index (χ4n) is 7.07. The zero-order chi connectivity index (χ0) is 29.6. The quantitative estimate of drug-likeness (QED) is 0.207. The Morgan fingerprint density at radius 1 is 1.00 bits per heavy atom. The molecule has 2 heterocycles. The number of hydrogen-bond acceptors (Lipinski definition) is 8. The van der Waals surface area contributed by atoms with Gasteiger partial charge in [-0.2, -0.15) is 0 Å². The smallest absolute Gasteiger partial charge is 0.488 e. The molecule has 2 aliphatic carbocycles. The van der Waals surface area contributed by atoms with Gasteiger partial charge in [0.25, 0.3) is 11.8 Å². The monoisotopic (exact) mass is 598 g/mol. The van der Waals surface area contributed by atoms with Crippen molar-refractivity contribution < 1.29 is 39.1 Å². The van der Waals surface area contributed by atoms with Crippen molar-refractivity contribution in [3.63, 3.8) is 0 Å². The molecule has 3 N–H and O–H groups in total. The van der Waals surface area contributed by atoms with E-state index in [-0.39, 0.29) is 35.5 Å². The van der Waals surface area contributed by atoms with Crippen molar-refractivity contribution in [2.75, 3.05) is 19.1 Å². The third kappa shape index (κ3) is 3.59. The first-order valence-corrected chi connectivity index (χ1v) is 13.7. The van der Waals surface area contributed by atoms with Gasteiger partial charge in [0.15, 0.2) is 21.2 Å². The number of rotatable bonds is 4. The number of methoxy groups -OCH3 is 1. The summed E-state index contributed by atoms with van der Waals surface area (Å²) in [5, 5.41) is 29.5. The van der Waals surface area contributed by atoms with Gasteiger partial charge in [-0.05, 0) is 54.1 Å². The van der Waals surface area contributed by atoms with Gasteiger partial charge in [-0.3, -0.25) is 29.0 Å². The molecule has 4 aliphatic rings. The molecule has 0 radical (unpaired) electrons. The maximum absolute atomic E-state index is 14.0. The molecule has 0 spiro atoms. The average molecular weight is 599 g/mol. The van der Waals surface area contributed by atoms with Crippen LogP contribution in [-0.2, 0) is 19.2 Å². The predicted molar refractivity (Wildman–Crippen MR) is 149 cm³/mol. The number of fused-ring (bicyclic) bond motifs is 4. The Morgan fingerprint density at radius 3 is 2.41 bits per heavy atom. The summed E-state index contributed by atoms with van der Waals surface area (Å²) in [5.41, 5.74) is 1.35. The van der Waals surface area contributed by atoms with Gasteiger partial charge in [0.05, 0.1) is 24.6 Å². The SMILES string of the molecule is COc1cc([C@H]2C3=CC[C@@H]4C(=O)N(c5cccc(B(O)O)c5)C(=O)[C@@H]4[C@@H]3C[C@@]3(Cl)C(=O)N(C)C(=O)[C@@]23Cl)ccc1O. The number of benzene rings is 2. The number of anilines is 1. The summed E-state index contributed by atoms with van der Waals surface area (Å²) in [5.74, 6) is -5.76. The first kappa shape index (κ1) is 27.8. The van der Waals surface area contributed by atoms with Gasteiger partial charge in [0, 0.05) is 13.0 Å². The fourth-order valence-corrected chi connectivity index (χ4v) is 8.09. The van der Waals surface area contributed by atoms with Crippen molar-refractivity contribution in [3.05, 3.63) is 59.7 Å². The summed E-state index contributed by atoms with van der Waals surface area (Å²) >= 11 is 14.3. The molecule has 10 nitrogen and oxygen atoms in total. The second kappa shape index (κ2) is 9.32. The number of phenolic OH excluding ortho intramolecular Hbond substituents is 1. The second-order valence-electron chi connectivity index (χ2n) is 10.9. The van der Waals surface area contributed by atoms with Crippen LogP contribution in [0.3, 0.4) is 0 Å². The molecule has 4 amide bonds. The third-order valence-corrected chi connectivity index (χ3v) is 10.4. The molecule has 0 unspecified atom stereocenters. The van der Waals surface area contributed by atoms with E-state index in [0.29, 0.717) is 11.1 Å². The van der Waals surface area contributed by atoms with Crippen molar-refractivity contribution in [1.82, 2.24) is 4.90 Å². The minimum absolute atomic E-state index is 0.112. The number of allylic oxidation sites excluding steroid dienone is 2.